The van der Waals surface area contributed by atoms with Crippen LogP contribution in [0, 0.1) is 10.8 Å². The number of benzene rings is 1. The summed E-state index contributed by atoms with van der Waals surface area (Å²) in [5.41, 5.74) is 2.44. The Kier molecular flexibility index (Phi) is 5.79. The van der Waals surface area contributed by atoms with E-state index in [1.54, 1.807) is 6.07 Å². The number of hydrogen-bond acceptors (Lipinski definition) is 5. The Morgan fingerprint density at radius 1 is 1.35 bits per heavy atom. The van der Waals surface area contributed by atoms with E-state index in [1.807, 2.05) is 27.2 Å². The minimum Gasteiger partial charge on any atom is -0.371 e. The SMILES string of the molecule is CN(c1ccc(Cl)c(C=O)c1C=N)C1CC2(CNC2)C1.CNC. The van der Waals surface area contributed by atoms with E-state index >= 15 is 0 Å². The minimum absolute atomic E-state index is 0.406. The summed E-state index contributed by atoms with van der Waals surface area (Å²) in [4.78, 5) is 13.4. The fraction of sp³-hybridized carbons (Fsp3) is 0.529. The summed E-state index contributed by atoms with van der Waals surface area (Å²) in [6.07, 6.45) is 4.30. The minimum atomic E-state index is 0.406. The number of nitrogens with zero attached hydrogens (tertiary/aromatic N) is 1. The number of hydrogen-bond donors (Lipinski definition) is 3. The molecule has 0 atom stereocenters. The van der Waals surface area contributed by atoms with Crippen LogP contribution >= 0.6 is 11.6 Å². The monoisotopic (exact) mass is 336 g/mol. The third-order valence-corrected chi connectivity index (χ3v) is 5.07. The predicted octanol–water partition coefficient (Wildman–Crippen LogP) is 2.17. The Labute approximate surface area is 142 Å². The smallest absolute Gasteiger partial charge is 0.152 e. The topological polar surface area (TPSA) is 68.2 Å². The van der Waals surface area contributed by atoms with Gasteiger partial charge in [0.1, 0.15) is 0 Å². The van der Waals surface area contributed by atoms with Crippen molar-refractivity contribution in [3.8, 4) is 0 Å². The first kappa shape index (κ1) is 17.9. The van der Waals surface area contributed by atoms with Gasteiger partial charge in [0.2, 0.25) is 0 Å². The highest BCUT2D eigenvalue weighted by Gasteiger charge is 2.49. The Hall–Kier alpha value is -1.43. The molecule has 3 N–H and O–H groups in total. The molecule has 0 amide bonds. The van der Waals surface area contributed by atoms with Crippen molar-refractivity contribution in [1.29, 1.82) is 5.41 Å². The van der Waals surface area contributed by atoms with Gasteiger partial charge >= 0.3 is 0 Å². The van der Waals surface area contributed by atoms with E-state index in [0.29, 0.717) is 27.6 Å². The van der Waals surface area contributed by atoms with Gasteiger partial charge in [-0.15, -0.1) is 0 Å². The van der Waals surface area contributed by atoms with E-state index in [-0.39, 0.29) is 0 Å². The molecule has 0 bridgehead atoms. The average molecular weight is 337 g/mol. The molecule has 2 aliphatic rings. The number of carbonyl (C=O) groups excluding carboxylic acids is 1. The Morgan fingerprint density at radius 2 is 1.96 bits per heavy atom. The van der Waals surface area contributed by atoms with E-state index in [1.165, 1.54) is 19.1 Å². The maximum Gasteiger partial charge on any atom is 0.152 e. The van der Waals surface area contributed by atoms with Gasteiger partial charge < -0.3 is 20.9 Å². The largest absolute Gasteiger partial charge is 0.371 e. The van der Waals surface area contributed by atoms with Gasteiger partial charge in [0, 0.05) is 49.2 Å². The van der Waals surface area contributed by atoms with Crippen molar-refractivity contribution in [2.24, 2.45) is 5.41 Å². The third-order valence-electron chi connectivity index (χ3n) is 4.74. The first-order valence-corrected chi connectivity index (χ1v) is 8.20. The van der Waals surface area contributed by atoms with Gasteiger partial charge in [-0.05, 0) is 44.5 Å². The van der Waals surface area contributed by atoms with E-state index in [2.05, 4.69) is 15.5 Å². The average Bonchev–Trinajstić information content (AvgIpc) is 2.44. The normalized spacial score (nSPS) is 18.3. The third kappa shape index (κ3) is 3.42. The number of nitrogens with one attached hydrogen (secondary N) is 3. The fourth-order valence-corrected chi connectivity index (χ4v) is 3.56. The first-order valence-electron chi connectivity index (χ1n) is 7.82. The van der Waals surface area contributed by atoms with Gasteiger partial charge in [0.15, 0.2) is 6.29 Å². The lowest BCUT2D eigenvalue weighted by Gasteiger charge is -2.57. The van der Waals surface area contributed by atoms with E-state index in [0.717, 1.165) is 25.1 Å². The summed E-state index contributed by atoms with van der Waals surface area (Å²) < 4.78 is 0. The van der Waals surface area contributed by atoms with Gasteiger partial charge in [0.05, 0.1) is 5.02 Å². The summed E-state index contributed by atoms with van der Waals surface area (Å²) in [6, 6.07) is 4.12. The molecular weight excluding hydrogens is 312 g/mol. The van der Waals surface area contributed by atoms with Crippen molar-refractivity contribution >= 4 is 29.8 Å². The maximum atomic E-state index is 11.2. The van der Waals surface area contributed by atoms with Crippen LogP contribution in [0.4, 0.5) is 5.69 Å². The van der Waals surface area contributed by atoms with Crippen LogP contribution in [0.25, 0.3) is 0 Å². The summed E-state index contributed by atoms with van der Waals surface area (Å²) >= 11 is 6.03. The molecule has 1 saturated heterocycles. The van der Waals surface area contributed by atoms with Crippen molar-refractivity contribution < 1.29 is 4.79 Å². The van der Waals surface area contributed by atoms with Crippen molar-refractivity contribution in [2.45, 2.75) is 18.9 Å². The summed E-state index contributed by atoms with van der Waals surface area (Å²) in [5, 5.41) is 14.1. The highest BCUT2D eigenvalue weighted by molar-refractivity contribution is 6.33. The number of carbonyl (C=O) groups is 1. The second-order valence-corrected chi connectivity index (χ2v) is 6.84. The molecule has 23 heavy (non-hydrogen) atoms. The number of aldehydes is 1. The molecule has 1 heterocycles. The second kappa shape index (κ2) is 7.43. The molecule has 1 aliphatic heterocycles. The zero-order chi connectivity index (χ0) is 17.0. The Morgan fingerprint density at radius 3 is 2.39 bits per heavy atom. The zero-order valence-corrected chi connectivity index (χ0v) is 14.7. The molecule has 2 fully saturated rings. The lowest BCUT2D eigenvalue weighted by atomic mass is 9.61. The molecular formula is C17H25ClN4O. The van der Waals surface area contributed by atoms with Gasteiger partial charge in [0.25, 0.3) is 0 Å². The number of halogens is 1. The fourth-order valence-electron chi connectivity index (χ4n) is 3.35. The summed E-state index contributed by atoms with van der Waals surface area (Å²) in [6.45, 7) is 2.24. The number of anilines is 1. The van der Waals surface area contributed by atoms with Crippen molar-refractivity contribution in [3.63, 3.8) is 0 Å². The van der Waals surface area contributed by atoms with Crippen LogP contribution < -0.4 is 15.5 Å². The van der Waals surface area contributed by atoms with E-state index in [9.17, 15) is 4.79 Å². The van der Waals surface area contributed by atoms with Crippen LogP contribution in [0.2, 0.25) is 5.02 Å². The van der Waals surface area contributed by atoms with Crippen LogP contribution in [0.15, 0.2) is 12.1 Å². The molecule has 5 nitrogen and oxygen atoms in total. The van der Waals surface area contributed by atoms with Crippen LogP contribution in [-0.4, -0.2) is 52.8 Å². The zero-order valence-electron chi connectivity index (χ0n) is 13.9. The van der Waals surface area contributed by atoms with Crippen LogP contribution in [-0.2, 0) is 0 Å². The molecule has 0 radical (unpaired) electrons. The summed E-state index contributed by atoms with van der Waals surface area (Å²) in [7, 11) is 5.79. The molecule has 1 aliphatic carbocycles. The molecule has 0 aromatic heterocycles. The first-order chi connectivity index (χ1) is 11.0. The highest BCUT2D eigenvalue weighted by atomic mass is 35.5. The second-order valence-electron chi connectivity index (χ2n) is 6.43. The van der Waals surface area contributed by atoms with Crippen molar-refractivity contribution in [1.82, 2.24) is 10.6 Å². The van der Waals surface area contributed by atoms with Crippen molar-refractivity contribution in [3.05, 3.63) is 28.3 Å². The standard InChI is InChI=1S/C15H18ClN3O.C2H7N/c1-19(10-4-15(5-10)8-18-9-15)14-3-2-13(16)12(7-20)11(14)6-17;1-3-2/h2-3,6-7,10,17-18H,4-5,8-9H2,1H3;3H,1-2H3. The molecule has 1 saturated carbocycles. The molecule has 0 unspecified atom stereocenters. The molecule has 1 aromatic rings. The molecule has 1 spiro atoms. The molecule has 126 valence electrons. The van der Waals surface area contributed by atoms with Crippen LogP contribution in [0.5, 0.6) is 0 Å². The molecule has 3 rings (SSSR count). The Balaban J connectivity index is 0.000000595. The maximum absolute atomic E-state index is 11.2. The predicted molar refractivity (Wildman–Crippen MR) is 96.4 cm³/mol. The lowest BCUT2D eigenvalue weighted by molar-refractivity contribution is 0.0373. The van der Waals surface area contributed by atoms with E-state index < -0.39 is 0 Å². The van der Waals surface area contributed by atoms with Gasteiger partial charge in [-0.3, -0.25) is 4.79 Å². The van der Waals surface area contributed by atoms with Crippen molar-refractivity contribution in [2.75, 3.05) is 39.1 Å². The molecule has 6 heteroatoms. The van der Waals surface area contributed by atoms with Gasteiger partial charge in [-0.25, -0.2) is 0 Å². The molecule has 1 aromatic carbocycles. The highest BCUT2D eigenvalue weighted by Crippen LogP contribution is 2.47. The quantitative estimate of drug-likeness (QED) is 0.582. The number of rotatable bonds is 4. The van der Waals surface area contributed by atoms with E-state index in [4.69, 9.17) is 17.0 Å². The summed E-state index contributed by atoms with van der Waals surface area (Å²) in [5.74, 6) is 0. The van der Waals surface area contributed by atoms with Gasteiger partial charge in [-0.2, -0.15) is 0 Å². The van der Waals surface area contributed by atoms with Gasteiger partial charge in [-0.1, -0.05) is 11.6 Å². The lowest BCUT2D eigenvalue weighted by Crippen LogP contribution is -2.64. The van der Waals surface area contributed by atoms with Crippen LogP contribution in [0.1, 0.15) is 28.8 Å². The Bertz CT molecular complexity index is 578. The van der Waals surface area contributed by atoms with Crippen LogP contribution in [0.3, 0.4) is 0 Å².